The second kappa shape index (κ2) is 6.62. The lowest BCUT2D eigenvalue weighted by Gasteiger charge is -2.05. The van der Waals surface area contributed by atoms with E-state index in [1.807, 2.05) is 48.5 Å². The van der Waals surface area contributed by atoms with Crippen molar-refractivity contribution in [1.82, 2.24) is 5.43 Å². The quantitative estimate of drug-likeness (QED) is 0.540. The van der Waals surface area contributed by atoms with Crippen LogP contribution in [0, 0.1) is 0 Å². The fourth-order valence-electron chi connectivity index (χ4n) is 2.21. The number of carbonyl (C=O) groups is 1. The van der Waals surface area contributed by atoms with Gasteiger partial charge in [0.05, 0.1) is 11.8 Å². The van der Waals surface area contributed by atoms with Crippen LogP contribution in [0.25, 0.3) is 10.8 Å². The van der Waals surface area contributed by atoms with Gasteiger partial charge in [0.15, 0.2) is 0 Å². The molecule has 0 saturated heterocycles. The van der Waals surface area contributed by atoms with Gasteiger partial charge >= 0.3 is 0 Å². The number of halogens is 1. The van der Waals surface area contributed by atoms with Crippen molar-refractivity contribution in [2.45, 2.75) is 0 Å². The first kappa shape index (κ1) is 15.2. The largest absolute Gasteiger partial charge is 0.507 e. The first-order chi connectivity index (χ1) is 11.1. The molecule has 0 aliphatic carbocycles. The van der Waals surface area contributed by atoms with E-state index in [1.165, 1.54) is 0 Å². The third-order valence-electron chi connectivity index (χ3n) is 3.38. The van der Waals surface area contributed by atoms with E-state index in [0.29, 0.717) is 0 Å². The minimum absolute atomic E-state index is 0.0720. The Balaban J connectivity index is 1.81. The molecule has 23 heavy (non-hydrogen) atoms. The first-order valence-corrected chi connectivity index (χ1v) is 7.74. The van der Waals surface area contributed by atoms with E-state index >= 15 is 0 Å². The minimum Gasteiger partial charge on any atom is -0.507 e. The summed E-state index contributed by atoms with van der Waals surface area (Å²) >= 11 is 3.40. The van der Waals surface area contributed by atoms with Crippen molar-refractivity contribution in [3.63, 3.8) is 0 Å². The summed E-state index contributed by atoms with van der Waals surface area (Å²) in [7, 11) is 0. The normalized spacial score (nSPS) is 11.0. The number of rotatable bonds is 3. The van der Waals surface area contributed by atoms with Gasteiger partial charge in [0, 0.05) is 10.0 Å². The lowest BCUT2D eigenvalue weighted by atomic mass is 10.1. The molecule has 0 atom stereocenters. The third-order valence-corrected chi connectivity index (χ3v) is 4.11. The van der Waals surface area contributed by atoms with Crippen LogP contribution in [0.5, 0.6) is 5.75 Å². The van der Waals surface area contributed by atoms with Crippen molar-refractivity contribution >= 4 is 38.8 Å². The molecule has 0 radical (unpaired) electrons. The van der Waals surface area contributed by atoms with Gasteiger partial charge in [0.25, 0.3) is 5.91 Å². The Bertz CT molecular complexity index is 906. The highest BCUT2D eigenvalue weighted by Crippen LogP contribution is 2.24. The van der Waals surface area contributed by atoms with E-state index in [4.69, 9.17) is 0 Å². The molecule has 0 aromatic heterocycles. The Labute approximate surface area is 141 Å². The van der Waals surface area contributed by atoms with Crippen LogP contribution in [0.2, 0.25) is 0 Å². The first-order valence-electron chi connectivity index (χ1n) is 6.95. The van der Waals surface area contributed by atoms with Crippen molar-refractivity contribution in [3.05, 3.63) is 76.3 Å². The number of hydrogen-bond acceptors (Lipinski definition) is 3. The average molecular weight is 369 g/mol. The van der Waals surface area contributed by atoms with Gasteiger partial charge in [-0.15, -0.1) is 0 Å². The molecule has 3 rings (SSSR count). The van der Waals surface area contributed by atoms with E-state index in [0.717, 1.165) is 20.8 Å². The number of amides is 1. The van der Waals surface area contributed by atoms with E-state index < -0.39 is 5.91 Å². The van der Waals surface area contributed by atoms with Crippen molar-refractivity contribution in [3.8, 4) is 5.75 Å². The SMILES string of the molecule is O=C(N/N=C\c1ccccc1Br)c1cc2ccccc2cc1O. The summed E-state index contributed by atoms with van der Waals surface area (Å²) < 4.78 is 0.881. The summed E-state index contributed by atoms with van der Waals surface area (Å²) in [5, 5.41) is 15.7. The summed E-state index contributed by atoms with van der Waals surface area (Å²) in [6, 6.07) is 18.3. The highest BCUT2D eigenvalue weighted by Gasteiger charge is 2.11. The zero-order valence-electron chi connectivity index (χ0n) is 12.0. The van der Waals surface area contributed by atoms with Crippen LogP contribution in [0.1, 0.15) is 15.9 Å². The predicted molar refractivity (Wildman–Crippen MR) is 94.8 cm³/mol. The van der Waals surface area contributed by atoms with Crippen molar-refractivity contribution < 1.29 is 9.90 Å². The molecule has 0 unspecified atom stereocenters. The van der Waals surface area contributed by atoms with Crippen LogP contribution in [0.4, 0.5) is 0 Å². The summed E-state index contributed by atoms with van der Waals surface area (Å²) in [6.45, 7) is 0. The summed E-state index contributed by atoms with van der Waals surface area (Å²) in [4.78, 5) is 12.2. The molecule has 0 bridgehead atoms. The zero-order valence-corrected chi connectivity index (χ0v) is 13.6. The molecular weight excluding hydrogens is 356 g/mol. The zero-order chi connectivity index (χ0) is 16.2. The average Bonchev–Trinajstić information content (AvgIpc) is 2.56. The Morgan fingerprint density at radius 2 is 1.70 bits per heavy atom. The number of hydrazone groups is 1. The number of phenols is 1. The highest BCUT2D eigenvalue weighted by molar-refractivity contribution is 9.10. The maximum atomic E-state index is 12.2. The monoisotopic (exact) mass is 368 g/mol. The molecule has 0 saturated carbocycles. The van der Waals surface area contributed by atoms with Crippen molar-refractivity contribution in [1.29, 1.82) is 0 Å². The van der Waals surface area contributed by atoms with E-state index in [9.17, 15) is 9.90 Å². The van der Waals surface area contributed by atoms with E-state index in [1.54, 1.807) is 18.3 Å². The lowest BCUT2D eigenvalue weighted by molar-refractivity contribution is 0.0952. The van der Waals surface area contributed by atoms with Gasteiger partial charge in [-0.3, -0.25) is 4.79 Å². The fourth-order valence-corrected chi connectivity index (χ4v) is 2.60. The molecule has 1 amide bonds. The molecule has 3 aromatic rings. The fraction of sp³-hybridized carbons (Fsp3) is 0. The van der Waals surface area contributed by atoms with Crippen molar-refractivity contribution in [2.75, 3.05) is 0 Å². The van der Waals surface area contributed by atoms with Crippen LogP contribution >= 0.6 is 15.9 Å². The summed E-state index contributed by atoms with van der Waals surface area (Å²) in [5.74, 6) is -0.533. The van der Waals surface area contributed by atoms with Gasteiger partial charge in [-0.2, -0.15) is 5.10 Å². The number of nitrogens with one attached hydrogen (secondary N) is 1. The van der Waals surface area contributed by atoms with Gasteiger partial charge in [-0.05, 0) is 29.0 Å². The predicted octanol–water partition coefficient (Wildman–Crippen LogP) is 4.07. The van der Waals surface area contributed by atoms with Crippen LogP contribution < -0.4 is 5.43 Å². The standard InChI is InChI=1S/C18H13BrN2O2/c19-16-8-4-3-7-14(16)11-20-21-18(23)15-9-12-5-1-2-6-13(12)10-17(15)22/h1-11,22H,(H,21,23)/b20-11-. The number of fused-ring (bicyclic) bond motifs is 1. The second-order valence-electron chi connectivity index (χ2n) is 4.94. The number of hydrogen-bond donors (Lipinski definition) is 2. The third kappa shape index (κ3) is 3.40. The van der Waals surface area contributed by atoms with Crippen LogP contribution in [-0.2, 0) is 0 Å². The molecule has 4 nitrogen and oxygen atoms in total. The second-order valence-corrected chi connectivity index (χ2v) is 5.79. The molecule has 2 N–H and O–H groups in total. The van der Waals surface area contributed by atoms with E-state index in [2.05, 4.69) is 26.5 Å². The van der Waals surface area contributed by atoms with Crippen molar-refractivity contribution in [2.24, 2.45) is 5.10 Å². The molecular formula is C18H13BrN2O2. The number of phenolic OH excluding ortho intramolecular Hbond substituents is 1. The molecule has 0 aliphatic heterocycles. The van der Waals surface area contributed by atoms with Gasteiger partial charge < -0.3 is 5.11 Å². The molecule has 3 aromatic carbocycles. The van der Waals surface area contributed by atoms with Crippen LogP contribution in [0.15, 0.2) is 70.2 Å². The number of carbonyl (C=O) groups excluding carboxylic acids is 1. The summed E-state index contributed by atoms with van der Waals surface area (Å²) in [6.07, 6.45) is 1.54. The number of benzene rings is 3. The van der Waals surface area contributed by atoms with Gasteiger partial charge in [0.1, 0.15) is 5.75 Å². The van der Waals surface area contributed by atoms with Gasteiger partial charge in [-0.25, -0.2) is 5.43 Å². The molecule has 0 spiro atoms. The molecule has 0 heterocycles. The topological polar surface area (TPSA) is 61.7 Å². The Morgan fingerprint density at radius 1 is 1.04 bits per heavy atom. The molecule has 5 heteroatoms. The number of aromatic hydroxyl groups is 1. The Kier molecular flexibility index (Phi) is 4.39. The van der Waals surface area contributed by atoms with Gasteiger partial charge in [0.2, 0.25) is 0 Å². The Morgan fingerprint density at radius 3 is 2.43 bits per heavy atom. The van der Waals surface area contributed by atoms with Crippen LogP contribution in [-0.4, -0.2) is 17.2 Å². The molecule has 0 fully saturated rings. The maximum Gasteiger partial charge on any atom is 0.275 e. The Hall–Kier alpha value is -2.66. The smallest absolute Gasteiger partial charge is 0.275 e. The minimum atomic E-state index is -0.462. The van der Waals surface area contributed by atoms with Gasteiger partial charge in [-0.1, -0.05) is 58.4 Å². The number of nitrogens with zero attached hydrogens (tertiary/aromatic N) is 1. The maximum absolute atomic E-state index is 12.2. The van der Waals surface area contributed by atoms with Crippen LogP contribution in [0.3, 0.4) is 0 Å². The lowest BCUT2D eigenvalue weighted by Crippen LogP contribution is -2.17. The highest BCUT2D eigenvalue weighted by atomic mass is 79.9. The summed E-state index contributed by atoms with van der Waals surface area (Å²) in [5.41, 5.74) is 3.46. The molecule has 114 valence electrons. The van der Waals surface area contributed by atoms with E-state index in [-0.39, 0.29) is 11.3 Å². The molecule has 0 aliphatic rings.